The van der Waals surface area contributed by atoms with E-state index in [-0.39, 0.29) is 24.5 Å². The van der Waals surface area contributed by atoms with Gasteiger partial charge in [-0.3, -0.25) is 4.68 Å². The van der Waals surface area contributed by atoms with Gasteiger partial charge in [-0.1, -0.05) is 5.21 Å². The molecule has 0 amide bonds. The summed E-state index contributed by atoms with van der Waals surface area (Å²) in [6, 6.07) is 0. The van der Waals surface area contributed by atoms with Gasteiger partial charge >= 0.3 is 0 Å². The van der Waals surface area contributed by atoms with E-state index in [0.717, 1.165) is 5.69 Å². The smallest absolute Gasteiger partial charge is 0.108 e. The first-order chi connectivity index (χ1) is 7.74. The highest BCUT2D eigenvalue weighted by Crippen LogP contribution is 2.35. The van der Waals surface area contributed by atoms with Gasteiger partial charge in [0.15, 0.2) is 0 Å². The van der Waals surface area contributed by atoms with E-state index >= 15 is 0 Å². The average molecular weight is 227 g/mol. The third-order valence-corrected chi connectivity index (χ3v) is 3.15. The molecule has 2 rings (SSSR count). The fourth-order valence-electron chi connectivity index (χ4n) is 2.12. The molecule has 0 spiro atoms. The molecule has 16 heavy (non-hydrogen) atoms. The van der Waals surface area contributed by atoms with Crippen LogP contribution in [0.3, 0.4) is 0 Å². The summed E-state index contributed by atoms with van der Waals surface area (Å²) in [4.78, 5) is 0. The van der Waals surface area contributed by atoms with Crippen LogP contribution in [0, 0.1) is 11.8 Å². The Kier molecular flexibility index (Phi) is 3.52. The van der Waals surface area contributed by atoms with Crippen LogP contribution in [0.2, 0.25) is 0 Å². The lowest BCUT2D eigenvalue weighted by Gasteiger charge is -2.40. The molecule has 0 bridgehead atoms. The summed E-state index contributed by atoms with van der Waals surface area (Å²) < 4.78 is 6.64. The second kappa shape index (κ2) is 4.90. The molecule has 0 radical (unpaired) electrons. The Labute approximate surface area is 93.8 Å². The highest BCUT2D eigenvalue weighted by Gasteiger charge is 2.39. The summed E-state index contributed by atoms with van der Waals surface area (Å²) in [7, 11) is 1.61. The van der Waals surface area contributed by atoms with E-state index in [2.05, 4.69) is 10.3 Å². The van der Waals surface area contributed by atoms with Crippen molar-refractivity contribution >= 4 is 0 Å². The van der Waals surface area contributed by atoms with E-state index in [9.17, 15) is 5.11 Å². The average Bonchev–Trinajstić information content (AvgIpc) is 2.71. The van der Waals surface area contributed by atoms with Gasteiger partial charge in [0.25, 0.3) is 0 Å². The van der Waals surface area contributed by atoms with E-state index in [1.807, 2.05) is 6.20 Å². The van der Waals surface area contributed by atoms with Crippen molar-refractivity contribution in [3.63, 3.8) is 0 Å². The van der Waals surface area contributed by atoms with Gasteiger partial charge in [0, 0.05) is 26.2 Å². The van der Waals surface area contributed by atoms with Gasteiger partial charge in [0.2, 0.25) is 0 Å². The van der Waals surface area contributed by atoms with Crippen LogP contribution in [-0.4, -0.2) is 45.0 Å². The van der Waals surface area contributed by atoms with Crippen molar-refractivity contribution < 1.29 is 14.9 Å². The third kappa shape index (κ3) is 2.23. The SMILES string of the molecule is COCc1cn(CC2C(O)CC2CO)nn1. The second-order valence-electron chi connectivity index (χ2n) is 4.27. The van der Waals surface area contributed by atoms with Crippen LogP contribution in [-0.2, 0) is 17.9 Å². The van der Waals surface area contributed by atoms with E-state index in [0.29, 0.717) is 19.6 Å². The number of aliphatic hydroxyl groups excluding tert-OH is 2. The molecule has 3 unspecified atom stereocenters. The van der Waals surface area contributed by atoms with E-state index < -0.39 is 0 Å². The molecule has 90 valence electrons. The molecule has 0 saturated heterocycles. The largest absolute Gasteiger partial charge is 0.396 e. The molecule has 3 atom stereocenters. The first kappa shape index (κ1) is 11.5. The van der Waals surface area contributed by atoms with Crippen LogP contribution in [0.1, 0.15) is 12.1 Å². The number of nitrogens with zero attached hydrogens (tertiary/aromatic N) is 3. The summed E-state index contributed by atoms with van der Waals surface area (Å²) in [5.41, 5.74) is 0.775. The highest BCUT2D eigenvalue weighted by atomic mass is 16.5. The summed E-state index contributed by atoms with van der Waals surface area (Å²) in [5, 5.41) is 26.5. The Morgan fingerprint density at radius 1 is 1.62 bits per heavy atom. The summed E-state index contributed by atoms with van der Waals surface area (Å²) in [5.74, 6) is 0.271. The Hall–Kier alpha value is -0.980. The number of hydrogen-bond donors (Lipinski definition) is 2. The highest BCUT2D eigenvalue weighted by molar-refractivity contribution is 4.93. The predicted molar refractivity (Wildman–Crippen MR) is 55.4 cm³/mol. The molecule has 6 heteroatoms. The van der Waals surface area contributed by atoms with Crippen LogP contribution in [0.4, 0.5) is 0 Å². The second-order valence-corrected chi connectivity index (χ2v) is 4.27. The van der Waals surface area contributed by atoms with Gasteiger partial charge in [-0.2, -0.15) is 0 Å². The molecule has 1 aliphatic rings. The van der Waals surface area contributed by atoms with Crippen molar-refractivity contribution in [3.05, 3.63) is 11.9 Å². The maximum atomic E-state index is 9.58. The molecule has 1 fully saturated rings. The first-order valence-corrected chi connectivity index (χ1v) is 5.41. The lowest BCUT2D eigenvalue weighted by molar-refractivity contribution is -0.0644. The molecule has 1 heterocycles. The number of methoxy groups -OCH3 is 1. The lowest BCUT2D eigenvalue weighted by atomic mass is 9.71. The summed E-state index contributed by atoms with van der Waals surface area (Å²) >= 11 is 0. The molecule has 1 saturated carbocycles. The lowest BCUT2D eigenvalue weighted by Crippen LogP contribution is -2.45. The van der Waals surface area contributed by atoms with Gasteiger partial charge in [0.1, 0.15) is 5.69 Å². The van der Waals surface area contributed by atoms with Gasteiger partial charge in [-0.15, -0.1) is 5.10 Å². The standard InChI is InChI=1S/C10H17N3O3/c1-16-6-8-3-13(12-11-8)4-9-7(5-14)2-10(9)15/h3,7,9-10,14-15H,2,4-6H2,1H3. The maximum absolute atomic E-state index is 9.58. The number of ether oxygens (including phenoxy) is 1. The van der Waals surface area contributed by atoms with Crippen LogP contribution in [0.15, 0.2) is 6.20 Å². The quantitative estimate of drug-likeness (QED) is 0.703. The Morgan fingerprint density at radius 2 is 2.44 bits per heavy atom. The molecular formula is C10H17N3O3. The Bertz CT molecular complexity index is 342. The predicted octanol–water partition coefficient (Wildman–Crippen LogP) is -0.586. The van der Waals surface area contributed by atoms with Crippen LogP contribution < -0.4 is 0 Å². The number of aromatic nitrogens is 3. The van der Waals surface area contributed by atoms with Crippen LogP contribution in [0.25, 0.3) is 0 Å². The zero-order valence-electron chi connectivity index (χ0n) is 9.28. The minimum absolute atomic E-state index is 0.0853. The van der Waals surface area contributed by atoms with Gasteiger partial charge in [-0.05, 0) is 12.3 Å². The maximum Gasteiger partial charge on any atom is 0.108 e. The summed E-state index contributed by atoms with van der Waals surface area (Å²) in [6.07, 6.45) is 2.16. The van der Waals surface area contributed by atoms with Crippen LogP contribution >= 0.6 is 0 Å². The molecule has 2 N–H and O–H groups in total. The monoisotopic (exact) mass is 227 g/mol. The van der Waals surface area contributed by atoms with Gasteiger partial charge in [-0.25, -0.2) is 0 Å². The minimum Gasteiger partial charge on any atom is -0.396 e. The van der Waals surface area contributed by atoms with Gasteiger partial charge in [0.05, 0.1) is 18.9 Å². The van der Waals surface area contributed by atoms with Crippen molar-refractivity contribution in [1.29, 1.82) is 0 Å². The molecule has 6 nitrogen and oxygen atoms in total. The molecular weight excluding hydrogens is 210 g/mol. The van der Waals surface area contributed by atoms with Crippen LogP contribution in [0.5, 0.6) is 0 Å². The molecule has 1 aromatic heterocycles. The van der Waals surface area contributed by atoms with Crippen molar-refractivity contribution in [2.75, 3.05) is 13.7 Å². The van der Waals surface area contributed by atoms with Crippen molar-refractivity contribution in [1.82, 2.24) is 15.0 Å². The Balaban J connectivity index is 1.92. The zero-order valence-corrected chi connectivity index (χ0v) is 9.28. The number of aliphatic hydroxyl groups is 2. The van der Waals surface area contributed by atoms with E-state index in [1.54, 1.807) is 11.8 Å². The first-order valence-electron chi connectivity index (χ1n) is 5.41. The minimum atomic E-state index is -0.327. The van der Waals surface area contributed by atoms with Crippen molar-refractivity contribution in [3.8, 4) is 0 Å². The molecule has 1 aromatic rings. The topological polar surface area (TPSA) is 80.4 Å². The molecule has 0 aromatic carbocycles. The molecule has 0 aliphatic heterocycles. The van der Waals surface area contributed by atoms with E-state index in [4.69, 9.17) is 9.84 Å². The zero-order chi connectivity index (χ0) is 11.5. The fraction of sp³-hybridized carbons (Fsp3) is 0.800. The normalized spacial score (nSPS) is 29.1. The molecule has 1 aliphatic carbocycles. The van der Waals surface area contributed by atoms with E-state index in [1.165, 1.54) is 0 Å². The fourth-order valence-corrected chi connectivity index (χ4v) is 2.12. The number of rotatable bonds is 5. The number of hydrogen-bond acceptors (Lipinski definition) is 5. The van der Waals surface area contributed by atoms with Crippen molar-refractivity contribution in [2.24, 2.45) is 11.8 Å². The third-order valence-electron chi connectivity index (χ3n) is 3.15. The van der Waals surface area contributed by atoms with Gasteiger partial charge < -0.3 is 14.9 Å². The summed E-state index contributed by atoms with van der Waals surface area (Å²) in [6.45, 7) is 1.17. The van der Waals surface area contributed by atoms with Crippen molar-refractivity contribution in [2.45, 2.75) is 25.7 Å². The Morgan fingerprint density at radius 3 is 3.06 bits per heavy atom.